The third kappa shape index (κ3) is 4.83. The molecule has 8 nitrogen and oxygen atoms in total. The quantitative estimate of drug-likeness (QED) is 0.461. The first-order valence-electron chi connectivity index (χ1n) is 6.97. The van der Waals surface area contributed by atoms with Crippen LogP contribution >= 0.6 is 11.6 Å². The lowest BCUT2D eigenvalue weighted by atomic mass is 10.2. The molecule has 1 fully saturated rings. The molecular formula is C14H17ClN4O4. The van der Waals surface area contributed by atoms with Crippen molar-refractivity contribution in [3.63, 3.8) is 0 Å². The Labute approximate surface area is 137 Å². The lowest BCUT2D eigenvalue weighted by Gasteiger charge is -2.18. The molecule has 1 aliphatic rings. The molecule has 5 N–H and O–H groups in total. The number of carbonyl (C=O) groups is 3. The Morgan fingerprint density at radius 2 is 2.04 bits per heavy atom. The molecule has 1 aromatic carbocycles. The van der Waals surface area contributed by atoms with Crippen LogP contribution in [0.5, 0.6) is 0 Å². The Morgan fingerprint density at radius 1 is 1.35 bits per heavy atom. The van der Waals surface area contributed by atoms with Gasteiger partial charge >= 0.3 is 6.03 Å². The minimum atomic E-state index is -1.09. The van der Waals surface area contributed by atoms with Gasteiger partial charge in [-0.2, -0.15) is 0 Å². The van der Waals surface area contributed by atoms with E-state index in [9.17, 15) is 19.5 Å². The Hall–Kier alpha value is -2.32. The predicted octanol–water partition coefficient (Wildman–Crippen LogP) is -0.885. The molecule has 23 heavy (non-hydrogen) atoms. The van der Waals surface area contributed by atoms with Crippen LogP contribution in [0.15, 0.2) is 24.3 Å². The van der Waals surface area contributed by atoms with Crippen molar-refractivity contribution in [2.45, 2.75) is 18.6 Å². The molecule has 0 saturated carbocycles. The molecule has 1 aromatic rings. The van der Waals surface area contributed by atoms with E-state index < -0.39 is 36.5 Å². The number of carbonyl (C=O) groups excluding carboxylic acids is 3. The highest BCUT2D eigenvalue weighted by Gasteiger charge is 2.29. The number of aliphatic hydroxyl groups excluding tert-OH is 1. The number of hydrogen-bond donors (Lipinski definition) is 5. The maximum Gasteiger partial charge on any atom is 0.315 e. The van der Waals surface area contributed by atoms with Crippen LogP contribution in [0, 0.1) is 0 Å². The van der Waals surface area contributed by atoms with Crippen molar-refractivity contribution < 1.29 is 19.5 Å². The summed E-state index contributed by atoms with van der Waals surface area (Å²) in [6.07, 6.45) is 0. The molecule has 0 spiro atoms. The van der Waals surface area contributed by atoms with Crippen molar-refractivity contribution in [1.82, 2.24) is 21.3 Å². The zero-order chi connectivity index (χ0) is 16.8. The van der Waals surface area contributed by atoms with Gasteiger partial charge in [-0.05, 0) is 17.7 Å². The van der Waals surface area contributed by atoms with Gasteiger partial charge in [0.25, 0.3) is 0 Å². The van der Waals surface area contributed by atoms with Gasteiger partial charge in [0.2, 0.25) is 11.8 Å². The fourth-order valence-corrected chi connectivity index (χ4v) is 2.12. The van der Waals surface area contributed by atoms with Crippen molar-refractivity contribution in [2.75, 3.05) is 13.2 Å². The lowest BCUT2D eigenvalue weighted by Crippen LogP contribution is -2.53. The van der Waals surface area contributed by atoms with E-state index in [1.54, 1.807) is 24.3 Å². The number of rotatable bonds is 6. The third-order valence-electron chi connectivity index (χ3n) is 3.28. The van der Waals surface area contributed by atoms with E-state index in [4.69, 9.17) is 11.6 Å². The lowest BCUT2D eigenvalue weighted by molar-refractivity contribution is -0.130. The van der Waals surface area contributed by atoms with Crippen LogP contribution in [-0.2, 0) is 16.1 Å². The number of urea groups is 1. The van der Waals surface area contributed by atoms with Crippen molar-refractivity contribution in [1.29, 1.82) is 0 Å². The first-order valence-corrected chi connectivity index (χ1v) is 7.35. The summed E-state index contributed by atoms with van der Waals surface area (Å²) in [6, 6.07) is 4.61. The van der Waals surface area contributed by atoms with Gasteiger partial charge < -0.3 is 26.4 Å². The summed E-state index contributed by atoms with van der Waals surface area (Å²) in [5.41, 5.74) is 0.832. The van der Waals surface area contributed by atoms with Gasteiger partial charge in [0, 0.05) is 18.1 Å². The molecule has 1 aliphatic heterocycles. The minimum Gasteiger partial charge on any atom is -0.394 e. The van der Waals surface area contributed by atoms with Gasteiger partial charge in [0.15, 0.2) is 0 Å². The van der Waals surface area contributed by atoms with E-state index in [0.717, 1.165) is 5.56 Å². The maximum absolute atomic E-state index is 12.0. The number of aliphatic hydroxyl groups is 1. The van der Waals surface area contributed by atoms with E-state index >= 15 is 0 Å². The topological polar surface area (TPSA) is 120 Å². The normalized spacial score (nSPS) is 17.8. The second-order valence-electron chi connectivity index (χ2n) is 4.99. The summed E-state index contributed by atoms with van der Waals surface area (Å²) in [5, 5.41) is 19.7. The summed E-state index contributed by atoms with van der Waals surface area (Å²) in [5.74, 6) is -1.06. The molecule has 0 bridgehead atoms. The molecule has 1 saturated heterocycles. The highest BCUT2D eigenvalue weighted by molar-refractivity contribution is 6.30. The maximum atomic E-state index is 12.0. The first-order chi connectivity index (χ1) is 11.0. The molecule has 0 aromatic heterocycles. The zero-order valence-corrected chi connectivity index (χ0v) is 12.9. The molecule has 0 radical (unpaired) electrons. The highest BCUT2D eigenvalue weighted by Crippen LogP contribution is 2.09. The molecule has 1 heterocycles. The van der Waals surface area contributed by atoms with Crippen LogP contribution in [0.4, 0.5) is 4.79 Å². The van der Waals surface area contributed by atoms with Gasteiger partial charge in [-0.25, -0.2) is 4.79 Å². The van der Waals surface area contributed by atoms with Crippen molar-refractivity contribution in [3.05, 3.63) is 34.9 Å². The van der Waals surface area contributed by atoms with E-state index in [-0.39, 0.29) is 13.1 Å². The minimum absolute atomic E-state index is 0.134. The SMILES string of the molecule is O=C1NCC(C(=O)NC(CO)C(=O)NCc2ccc(Cl)cc2)N1. The summed E-state index contributed by atoms with van der Waals surface area (Å²) < 4.78 is 0. The third-order valence-corrected chi connectivity index (χ3v) is 3.54. The van der Waals surface area contributed by atoms with Crippen LogP contribution in [-0.4, -0.2) is 48.2 Å². The molecule has 2 rings (SSSR count). The zero-order valence-electron chi connectivity index (χ0n) is 12.1. The molecular weight excluding hydrogens is 324 g/mol. The summed E-state index contributed by atoms with van der Waals surface area (Å²) >= 11 is 5.77. The predicted molar refractivity (Wildman–Crippen MR) is 82.6 cm³/mol. The Kier molecular flexibility index (Phi) is 5.78. The first kappa shape index (κ1) is 17.0. The van der Waals surface area contributed by atoms with Crippen LogP contribution in [0.25, 0.3) is 0 Å². The van der Waals surface area contributed by atoms with Gasteiger partial charge in [-0.15, -0.1) is 0 Å². The second kappa shape index (κ2) is 7.80. The van der Waals surface area contributed by atoms with Crippen molar-refractivity contribution in [3.8, 4) is 0 Å². The summed E-state index contributed by atoms with van der Waals surface area (Å²) in [4.78, 5) is 34.9. The molecule has 2 unspecified atom stereocenters. The van der Waals surface area contributed by atoms with Crippen LogP contribution in [0.3, 0.4) is 0 Å². The standard InChI is InChI=1S/C14H17ClN4O4/c15-9-3-1-8(2-4-9)5-16-12(21)11(7-20)18-13(22)10-6-17-14(23)19-10/h1-4,10-11,20H,5-7H2,(H,16,21)(H,18,22)(H2,17,19,23). The summed E-state index contributed by atoms with van der Waals surface area (Å²) in [6.45, 7) is -0.175. The van der Waals surface area contributed by atoms with E-state index in [0.29, 0.717) is 5.02 Å². The molecule has 9 heteroatoms. The van der Waals surface area contributed by atoms with Gasteiger partial charge in [-0.1, -0.05) is 23.7 Å². The number of benzene rings is 1. The average molecular weight is 341 g/mol. The average Bonchev–Trinajstić information content (AvgIpc) is 2.98. The fourth-order valence-electron chi connectivity index (χ4n) is 1.99. The Morgan fingerprint density at radius 3 is 2.61 bits per heavy atom. The Balaban J connectivity index is 1.84. The Bertz CT molecular complexity index is 593. The number of hydrogen-bond acceptors (Lipinski definition) is 4. The van der Waals surface area contributed by atoms with Crippen LogP contribution < -0.4 is 21.3 Å². The van der Waals surface area contributed by atoms with Crippen molar-refractivity contribution >= 4 is 29.4 Å². The number of halogens is 1. The van der Waals surface area contributed by atoms with E-state index in [1.165, 1.54) is 0 Å². The van der Waals surface area contributed by atoms with Gasteiger partial charge in [0.05, 0.1) is 6.61 Å². The monoisotopic (exact) mass is 340 g/mol. The van der Waals surface area contributed by atoms with Gasteiger partial charge in [0.1, 0.15) is 12.1 Å². The number of amides is 4. The van der Waals surface area contributed by atoms with E-state index in [1.807, 2.05) is 0 Å². The van der Waals surface area contributed by atoms with Crippen LogP contribution in [0.1, 0.15) is 5.56 Å². The molecule has 124 valence electrons. The highest BCUT2D eigenvalue weighted by atomic mass is 35.5. The molecule has 2 atom stereocenters. The summed E-state index contributed by atoms with van der Waals surface area (Å²) in [7, 11) is 0. The van der Waals surface area contributed by atoms with Crippen LogP contribution in [0.2, 0.25) is 5.02 Å². The van der Waals surface area contributed by atoms with Crippen molar-refractivity contribution in [2.24, 2.45) is 0 Å². The second-order valence-corrected chi connectivity index (χ2v) is 5.43. The fraction of sp³-hybridized carbons (Fsp3) is 0.357. The molecule has 4 amide bonds. The number of nitrogens with one attached hydrogen (secondary N) is 4. The van der Waals surface area contributed by atoms with E-state index in [2.05, 4.69) is 21.3 Å². The van der Waals surface area contributed by atoms with Gasteiger partial charge in [-0.3, -0.25) is 9.59 Å². The largest absolute Gasteiger partial charge is 0.394 e. The smallest absolute Gasteiger partial charge is 0.315 e. The molecule has 0 aliphatic carbocycles.